The lowest BCUT2D eigenvalue weighted by atomic mass is 10.3. The first-order chi connectivity index (χ1) is 7.33. The molecule has 1 heterocycles. The summed E-state index contributed by atoms with van der Waals surface area (Å²) in [5, 5.41) is 7.57. The van der Waals surface area contributed by atoms with Gasteiger partial charge in [0, 0.05) is 18.3 Å². The Labute approximate surface area is 93.1 Å². The van der Waals surface area contributed by atoms with Gasteiger partial charge >= 0.3 is 0 Å². The van der Waals surface area contributed by atoms with Crippen molar-refractivity contribution in [2.24, 2.45) is 0 Å². The Bertz CT molecular complexity index is 329. The smallest absolute Gasteiger partial charge is 0.233 e. The predicted molar refractivity (Wildman–Crippen MR) is 60.5 cm³/mol. The van der Waals surface area contributed by atoms with Crippen molar-refractivity contribution < 1.29 is 4.79 Å². The third-order valence-electron chi connectivity index (χ3n) is 1.70. The first-order valence-corrected chi connectivity index (χ1v) is 5.55. The van der Waals surface area contributed by atoms with Crippen LogP contribution in [0, 0.1) is 12.3 Å². The molecule has 1 rings (SSSR count). The SMILES string of the molecule is C#CCNCC(=O)NCCc1cscn1. The molecule has 0 saturated carbocycles. The van der Waals surface area contributed by atoms with Crippen LogP contribution < -0.4 is 10.6 Å². The summed E-state index contributed by atoms with van der Waals surface area (Å²) in [6.45, 7) is 1.29. The maximum Gasteiger partial charge on any atom is 0.233 e. The highest BCUT2D eigenvalue weighted by Gasteiger charge is 1.99. The number of rotatable bonds is 6. The van der Waals surface area contributed by atoms with Crippen molar-refractivity contribution in [2.75, 3.05) is 19.6 Å². The third-order valence-corrected chi connectivity index (χ3v) is 2.33. The molecule has 1 amide bonds. The van der Waals surface area contributed by atoms with Crippen molar-refractivity contribution >= 4 is 17.2 Å². The zero-order chi connectivity index (χ0) is 10.9. The maximum atomic E-state index is 11.2. The third kappa shape index (κ3) is 5.15. The molecule has 0 unspecified atom stereocenters. The van der Waals surface area contributed by atoms with Crippen molar-refractivity contribution in [2.45, 2.75) is 6.42 Å². The number of hydrogen-bond acceptors (Lipinski definition) is 4. The van der Waals surface area contributed by atoms with Gasteiger partial charge in [0.15, 0.2) is 0 Å². The molecule has 0 aromatic carbocycles. The molecule has 0 aliphatic heterocycles. The van der Waals surface area contributed by atoms with Gasteiger partial charge in [0.1, 0.15) is 0 Å². The van der Waals surface area contributed by atoms with Crippen LogP contribution in [0.4, 0.5) is 0 Å². The number of amides is 1. The van der Waals surface area contributed by atoms with Crippen LogP contribution in [0.15, 0.2) is 10.9 Å². The van der Waals surface area contributed by atoms with Gasteiger partial charge in [0.2, 0.25) is 5.91 Å². The molecule has 0 aliphatic carbocycles. The molecule has 5 heteroatoms. The van der Waals surface area contributed by atoms with Crippen molar-refractivity contribution in [1.29, 1.82) is 0 Å². The second kappa shape index (κ2) is 6.98. The fourth-order valence-electron chi connectivity index (χ4n) is 1.00. The topological polar surface area (TPSA) is 54.0 Å². The number of nitrogens with one attached hydrogen (secondary N) is 2. The molecule has 4 nitrogen and oxygen atoms in total. The van der Waals surface area contributed by atoms with Crippen LogP contribution in [0.1, 0.15) is 5.69 Å². The summed E-state index contributed by atoms with van der Waals surface area (Å²) in [4.78, 5) is 15.3. The number of aromatic nitrogens is 1. The van der Waals surface area contributed by atoms with Gasteiger partial charge in [0.25, 0.3) is 0 Å². The fourth-order valence-corrected chi connectivity index (χ4v) is 1.59. The van der Waals surface area contributed by atoms with Crippen LogP contribution in [0.5, 0.6) is 0 Å². The maximum absolute atomic E-state index is 11.2. The summed E-state index contributed by atoms with van der Waals surface area (Å²) < 4.78 is 0. The molecule has 0 spiro atoms. The zero-order valence-corrected chi connectivity index (χ0v) is 9.14. The monoisotopic (exact) mass is 223 g/mol. The van der Waals surface area contributed by atoms with E-state index in [2.05, 4.69) is 21.5 Å². The van der Waals surface area contributed by atoms with Gasteiger partial charge in [-0.15, -0.1) is 17.8 Å². The summed E-state index contributed by atoms with van der Waals surface area (Å²) in [5.74, 6) is 2.36. The van der Waals surface area contributed by atoms with Gasteiger partial charge in [-0.25, -0.2) is 4.98 Å². The number of hydrogen-bond donors (Lipinski definition) is 2. The van der Waals surface area contributed by atoms with Crippen LogP contribution in [0.2, 0.25) is 0 Å². The molecular weight excluding hydrogens is 210 g/mol. The normalized spacial score (nSPS) is 9.53. The van der Waals surface area contributed by atoms with Gasteiger partial charge in [-0.2, -0.15) is 0 Å². The van der Waals surface area contributed by atoms with Crippen molar-refractivity contribution in [3.63, 3.8) is 0 Å². The van der Waals surface area contributed by atoms with Crippen LogP contribution in [-0.4, -0.2) is 30.5 Å². The Morgan fingerprint density at radius 2 is 2.53 bits per heavy atom. The van der Waals surface area contributed by atoms with Gasteiger partial charge in [-0.3, -0.25) is 10.1 Å². The van der Waals surface area contributed by atoms with E-state index in [-0.39, 0.29) is 12.5 Å². The quantitative estimate of drug-likeness (QED) is 0.528. The zero-order valence-electron chi connectivity index (χ0n) is 8.32. The Morgan fingerprint density at radius 3 is 3.20 bits per heavy atom. The standard InChI is InChI=1S/C10H13N3OS/c1-2-4-11-6-10(14)12-5-3-9-7-15-8-13-9/h1,7-8,11H,3-6H2,(H,12,14). The summed E-state index contributed by atoms with van der Waals surface area (Å²) >= 11 is 1.56. The van der Waals surface area contributed by atoms with E-state index in [0.717, 1.165) is 12.1 Å². The molecule has 0 atom stereocenters. The summed E-state index contributed by atoms with van der Waals surface area (Å²) in [7, 11) is 0. The van der Waals surface area contributed by atoms with Crippen LogP contribution in [-0.2, 0) is 11.2 Å². The van der Waals surface area contributed by atoms with Gasteiger partial charge < -0.3 is 5.32 Å². The molecule has 80 valence electrons. The Balaban J connectivity index is 2.05. The van der Waals surface area contributed by atoms with Crippen molar-refractivity contribution in [1.82, 2.24) is 15.6 Å². The summed E-state index contributed by atoms with van der Waals surface area (Å²) in [5.41, 5.74) is 2.79. The molecule has 0 saturated heterocycles. The minimum Gasteiger partial charge on any atom is -0.355 e. The molecule has 1 aromatic heterocycles. The molecule has 15 heavy (non-hydrogen) atoms. The number of terminal acetylenes is 1. The lowest BCUT2D eigenvalue weighted by molar-refractivity contribution is -0.120. The number of carbonyl (C=O) groups is 1. The summed E-state index contributed by atoms with van der Waals surface area (Å²) in [6, 6.07) is 0. The van der Waals surface area contributed by atoms with E-state index in [1.807, 2.05) is 5.38 Å². The average molecular weight is 223 g/mol. The van der Waals surface area contributed by atoms with Gasteiger partial charge in [-0.05, 0) is 0 Å². The Hall–Kier alpha value is -1.38. The fraction of sp³-hybridized carbons (Fsp3) is 0.400. The lowest BCUT2D eigenvalue weighted by Gasteiger charge is -2.03. The van der Waals surface area contributed by atoms with E-state index in [4.69, 9.17) is 6.42 Å². The van der Waals surface area contributed by atoms with Crippen molar-refractivity contribution in [3.05, 3.63) is 16.6 Å². The minimum atomic E-state index is -0.0412. The molecule has 0 fully saturated rings. The van der Waals surface area contributed by atoms with Crippen molar-refractivity contribution in [3.8, 4) is 12.3 Å². The van der Waals surface area contributed by atoms with Gasteiger partial charge in [0.05, 0.1) is 24.3 Å². The van der Waals surface area contributed by atoms with E-state index in [1.165, 1.54) is 0 Å². The van der Waals surface area contributed by atoms with E-state index in [9.17, 15) is 4.79 Å². The lowest BCUT2D eigenvalue weighted by Crippen LogP contribution is -2.35. The second-order valence-electron chi connectivity index (χ2n) is 2.89. The van der Waals surface area contributed by atoms with Crippen LogP contribution in [0.3, 0.4) is 0 Å². The highest BCUT2D eigenvalue weighted by atomic mass is 32.1. The highest BCUT2D eigenvalue weighted by molar-refractivity contribution is 7.07. The van der Waals surface area contributed by atoms with E-state index in [1.54, 1.807) is 16.8 Å². The largest absolute Gasteiger partial charge is 0.355 e. The van der Waals surface area contributed by atoms with E-state index < -0.39 is 0 Å². The minimum absolute atomic E-state index is 0.0412. The second-order valence-corrected chi connectivity index (χ2v) is 3.61. The van der Waals surface area contributed by atoms with Crippen LogP contribution >= 0.6 is 11.3 Å². The molecule has 1 aromatic rings. The molecule has 0 aliphatic rings. The van der Waals surface area contributed by atoms with Crippen LogP contribution in [0.25, 0.3) is 0 Å². The number of thiazole rings is 1. The van der Waals surface area contributed by atoms with Gasteiger partial charge in [-0.1, -0.05) is 5.92 Å². The Morgan fingerprint density at radius 1 is 1.67 bits per heavy atom. The molecule has 2 N–H and O–H groups in total. The Kier molecular flexibility index (Phi) is 5.44. The first-order valence-electron chi connectivity index (χ1n) is 4.61. The van der Waals surface area contributed by atoms with E-state index in [0.29, 0.717) is 13.1 Å². The highest BCUT2D eigenvalue weighted by Crippen LogP contribution is 2.00. The first kappa shape index (κ1) is 11.7. The predicted octanol–water partition coefficient (Wildman–Crippen LogP) is 0.0246. The summed E-state index contributed by atoms with van der Waals surface area (Å²) in [6.07, 6.45) is 5.80. The van der Waals surface area contributed by atoms with E-state index >= 15 is 0 Å². The number of nitrogens with zero attached hydrogens (tertiary/aromatic N) is 1. The molecule has 0 bridgehead atoms. The molecule has 0 radical (unpaired) electrons. The number of carbonyl (C=O) groups excluding carboxylic acids is 1. The molecular formula is C10H13N3OS. The average Bonchev–Trinajstić information content (AvgIpc) is 2.71.